The summed E-state index contributed by atoms with van der Waals surface area (Å²) in [4.78, 5) is 30.1. The second kappa shape index (κ2) is 14.0. The van der Waals surface area contributed by atoms with Gasteiger partial charge in [0.1, 0.15) is 17.6 Å². The van der Waals surface area contributed by atoms with Crippen LogP contribution in [0.4, 0.5) is 29.3 Å². The van der Waals surface area contributed by atoms with Crippen LogP contribution in [-0.2, 0) is 12.7 Å². The van der Waals surface area contributed by atoms with E-state index in [0.29, 0.717) is 25.4 Å². The van der Waals surface area contributed by atoms with E-state index in [0.717, 1.165) is 35.6 Å². The maximum atomic E-state index is 13.7. The number of hydrogen-bond acceptors (Lipinski definition) is 6. The molecule has 0 saturated carbocycles. The largest absolute Gasteiger partial charge is 0.497 e. The molecule has 0 saturated heterocycles. The Hall–Kier alpha value is -4.29. The molecule has 3 amide bonds. The molecule has 4 rings (SSSR count). The van der Waals surface area contributed by atoms with E-state index in [1.54, 1.807) is 31.1 Å². The molecular weight excluding hydrogens is 577 g/mol. The van der Waals surface area contributed by atoms with Crippen molar-refractivity contribution in [2.45, 2.75) is 38.7 Å². The average Bonchev–Trinajstić information content (AvgIpc) is 2.99. The highest BCUT2D eigenvalue weighted by atomic mass is 19.4. The van der Waals surface area contributed by atoms with Crippen molar-refractivity contribution in [1.82, 2.24) is 9.80 Å². The summed E-state index contributed by atoms with van der Waals surface area (Å²) in [6, 6.07) is 15.4. The molecule has 0 unspecified atom stereocenters. The van der Waals surface area contributed by atoms with Crippen LogP contribution in [0.2, 0.25) is 0 Å². The Bertz CT molecular complexity index is 1430. The number of anilines is 2. The second-order valence-electron chi connectivity index (χ2n) is 11.0. The maximum Gasteiger partial charge on any atom is 0.416 e. The number of aliphatic hydroxyl groups excluding tert-OH is 1. The summed E-state index contributed by atoms with van der Waals surface area (Å²) in [5, 5.41) is 15.0. The Balaban J connectivity index is 1.52. The number of aliphatic hydroxyl groups is 1. The molecule has 0 spiro atoms. The van der Waals surface area contributed by atoms with Gasteiger partial charge in [0.25, 0.3) is 5.91 Å². The van der Waals surface area contributed by atoms with Crippen LogP contribution in [0.1, 0.15) is 35.3 Å². The van der Waals surface area contributed by atoms with Gasteiger partial charge in [-0.2, -0.15) is 13.2 Å². The van der Waals surface area contributed by atoms with Crippen molar-refractivity contribution in [2.75, 3.05) is 44.5 Å². The van der Waals surface area contributed by atoms with Crippen LogP contribution in [0.15, 0.2) is 66.7 Å². The summed E-state index contributed by atoms with van der Waals surface area (Å²) >= 11 is 0. The van der Waals surface area contributed by atoms with Crippen molar-refractivity contribution in [2.24, 2.45) is 5.92 Å². The van der Waals surface area contributed by atoms with E-state index in [1.165, 1.54) is 6.07 Å². The van der Waals surface area contributed by atoms with Crippen molar-refractivity contribution >= 4 is 23.3 Å². The molecule has 9 nitrogen and oxygen atoms in total. The van der Waals surface area contributed by atoms with Crippen molar-refractivity contribution in [3.05, 3.63) is 83.4 Å². The molecule has 3 N–H and O–H groups in total. The number of urea groups is 1. The summed E-state index contributed by atoms with van der Waals surface area (Å²) in [5.41, 5.74) is 0.934. The van der Waals surface area contributed by atoms with Crippen LogP contribution in [0.25, 0.3) is 0 Å². The number of carbonyl (C=O) groups excluding carboxylic acids is 2. The highest BCUT2D eigenvalue weighted by Gasteiger charge is 2.34. The summed E-state index contributed by atoms with van der Waals surface area (Å²) in [5.74, 6) is 0.684. The Labute approximate surface area is 254 Å². The van der Waals surface area contributed by atoms with E-state index < -0.39 is 23.8 Å². The minimum Gasteiger partial charge on any atom is -0.497 e. The fourth-order valence-corrected chi connectivity index (χ4v) is 4.97. The van der Waals surface area contributed by atoms with E-state index in [2.05, 4.69) is 15.5 Å². The molecule has 0 aliphatic carbocycles. The van der Waals surface area contributed by atoms with Gasteiger partial charge >= 0.3 is 12.2 Å². The molecule has 1 heterocycles. The van der Waals surface area contributed by atoms with Gasteiger partial charge in [-0.1, -0.05) is 19.1 Å². The van der Waals surface area contributed by atoms with Gasteiger partial charge in [0, 0.05) is 36.9 Å². The fourth-order valence-electron chi connectivity index (χ4n) is 4.97. The molecule has 44 heavy (non-hydrogen) atoms. The normalized spacial score (nSPS) is 17.7. The molecule has 0 radical (unpaired) electrons. The van der Waals surface area contributed by atoms with Crippen LogP contribution in [0.5, 0.6) is 11.5 Å². The number of alkyl halides is 3. The lowest BCUT2D eigenvalue weighted by Crippen LogP contribution is -2.49. The zero-order valence-electron chi connectivity index (χ0n) is 25.0. The highest BCUT2D eigenvalue weighted by molar-refractivity contribution is 6.02. The Morgan fingerprint density at radius 2 is 1.73 bits per heavy atom. The van der Waals surface area contributed by atoms with E-state index in [-0.39, 0.29) is 41.5 Å². The van der Waals surface area contributed by atoms with Gasteiger partial charge in [-0.15, -0.1) is 0 Å². The molecule has 1 aliphatic heterocycles. The SMILES string of the molecule is COc1ccc(CN(C)C[C@H]2Oc3ccc(NC(=O)Nc4ccc(C(F)(F)F)cc4)cc3C(=O)N([C@@H](C)CO)C[C@@H]2C)cc1. The van der Waals surface area contributed by atoms with E-state index in [4.69, 9.17) is 9.47 Å². The van der Waals surface area contributed by atoms with Crippen LogP contribution >= 0.6 is 0 Å². The van der Waals surface area contributed by atoms with Crippen molar-refractivity contribution in [3.63, 3.8) is 0 Å². The number of methoxy groups -OCH3 is 1. The van der Waals surface area contributed by atoms with Gasteiger partial charge in [-0.3, -0.25) is 9.69 Å². The topological polar surface area (TPSA) is 103 Å². The lowest BCUT2D eigenvalue weighted by molar-refractivity contribution is -0.137. The first-order valence-corrected chi connectivity index (χ1v) is 14.2. The molecular formula is C32H37F3N4O5. The minimum absolute atomic E-state index is 0.0771. The number of halogens is 3. The monoisotopic (exact) mass is 614 g/mol. The predicted octanol–water partition coefficient (Wildman–Crippen LogP) is 5.71. The maximum absolute atomic E-state index is 13.7. The zero-order valence-corrected chi connectivity index (χ0v) is 25.0. The minimum atomic E-state index is -4.49. The Morgan fingerprint density at radius 3 is 2.34 bits per heavy atom. The van der Waals surface area contributed by atoms with Gasteiger partial charge in [0.2, 0.25) is 0 Å². The number of nitrogens with zero attached hydrogens (tertiary/aromatic N) is 2. The van der Waals surface area contributed by atoms with Crippen LogP contribution in [0.3, 0.4) is 0 Å². The van der Waals surface area contributed by atoms with Crippen molar-refractivity contribution in [1.29, 1.82) is 0 Å². The van der Waals surface area contributed by atoms with E-state index in [9.17, 15) is 27.9 Å². The first kappa shape index (κ1) is 32.6. The zero-order chi connectivity index (χ0) is 32.0. The molecule has 3 aromatic carbocycles. The number of likely N-dealkylation sites (N-methyl/N-ethyl adjacent to an activating group) is 1. The number of hydrogen-bond donors (Lipinski definition) is 3. The lowest BCUT2D eigenvalue weighted by Gasteiger charge is -2.38. The van der Waals surface area contributed by atoms with Gasteiger partial charge in [0.15, 0.2) is 0 Å². The third kappa shape index (κ3) is 8.20. The number of rotatable bonds is 9. The summed E-state index contributed by atoms with van der Waals surface area (Å²) in [7, 11) is 3.61. The first-order valence-electron chi connectivity index (χ1n) is 14.2. The van der Waals surface area contributed by atoms with Crippen molar-refractivity contribution < 1.29 is 37.3 Å². The van der Waals surface area contributed by atoms with E-state index in [1.807, 2.05) is 38.2 Å². The molecule has 0 fully saturated rings. The van der Waals surface area contributed by atoms with Crippen LogP contribution in [-0.4, -0.2) is 72.8 Å². The Morgan fingerprint density at radius 1 is 1.09 bits per heavy atom. The quantitative estimate of drug-likeness (QED) is 0.285. The third-order valence-electron chi connectivity index (χ3n) is 7.50. The molecule has 0 aromatic heterocycles. The molecule has 1 aliphatic rings. The second-order valence-corrected chi connectivity index (χ2v) is 11.0. The molecule has 236 valence electrons. The average molecular weight is 615 g/mol. The molecule has 3 atom stereocenters. The number of benzene rings is 3. The van der Waals surface area contributed by atoms with Gasteiger partial charge in [-0.25, -0.2) is 4.79 Å². The van der Waals surface area contributed by atoms with Crippen LogP contribution < -0.4 is 20.1 Å². The summed E-state index contributed by atoms with van der Waals surface area (Å²) < 4.78 is 50.2. The first-order chi connectivity index (χ1) is 20.9. The molecule has 12 heteroatoms. The van der Waals surface area contributed by atoms with Crippen molar-refractivity contribution in [3.8, 4) is 11.5 Å². The highest BCUT2D eigenvalue weighted by Crippen LogP contribution is 2.32. The van der Waals surface area contributed by atoms with Crippen LogP contribution in [0, 0.1) is 5.92 Å². The number of amides is 3. The summed E-state index contributed by atoms with van der Waals surface area (Å²) in [6.45, 7) is 5.09. The van der Waals surface area contributed by atoms with Gasteiger partial charge < -0.3 is 30.1 Å². The fraction of sp³-hybridized carbons (Fsp3) is 0.375. The summed E-state index contributed by atoms with van der Waals surface area (Å²) in [6.07, 6.45) is -4.79. The van der Waals surface area contributed by atoms with Gasteiger partial charge in [0.05, 0.1) is 30.9 Å². The Kier molecular flexibility index (Phi) is 10.4. The standard InChI is InChI=1S/C32H37F3N4O5/c1-20-16-39(21(2)19-40)30(41)27-15-25(37-31(42)36-24-9-7-23(8-10-24)32(33,34)35)11-14-28(27)44-29(20)18-38(3)17-22-5-12-26(43-4)13-6-22/h5-15,20-21,29,40H,16-19H2,1-4H3,(H2,36,37,42)/t20-,21-,29+/m0/s1. The number of nitrogens with one attached hydrogen (secondary N) is 2. The van der Waals surface area contributed by atoms with E-state index >= 15 is 0 Å². The smallest absolute Gasteiger partial charge is 0.416 e. The molecule has 0 bridgehead atoms. The predicted molar refractivity (Wildman–Crippen MR) is 161 cm³/mol. The third-order valence-corrected chi connectivity index (χ3v) is 7.50. The lowest BCUT2D eigenvalue weighted by atomic mass is 9.99. The molecule has 3 aromatic rings. The number of carbonyl (C=O) groups is 2. The number of ether oxygens (including phenoxy) is 2. The number of fused-ring (bicyclic) bond motifs is 1. The van der Waals surface area contributed by atoms with Gasteiger partial charge in [-0.05, 0) is 74.1 Å².